The van der Waals surface area contributed by atoms with Crippen molar-refractivity contribution in [2.24, 2.45) is 0 Å². The predicted molar refractivity (Wildman–Crippen MR) is 75.7 cm³/mol. The number of rotatable bonds is 4. The summed E-state index contributed by atoms with van der Waals surface area (Å²) in [4.78, 5) is 16.2. The summed E-state index contributed by atoms with van der Waals surface area (Å²) in [6.45, 7) is 4.28. The third-order valence-corrected chi connectivity index (χ3v) is 3.93. The first-order chi connectivity index (χ1) is 9.09. The lowest BCUT2D eigenvalue weighted by molar-refractivity contribution is 0.0949. The topological polar surface area (TPSA) is 62.2 Å². The molecule has 0 bridgehead atoms. The average Bonchev–Trinajstić information content (AvgIpc) is 2.93. The van der Waals surface area contributed by atoms with E-state index in [1.807, 2.05) is 12.3 Å². The Morgan fingerprint density at radius 1 is 1.53 bits per heavy atom. The minimum absolute atomic E-state index is 0.0434. The maximum atomic E-state index is 12.0. The second-order valence-corrected chi connectivity index (χ2v) is 5.38. The van der Waals surface area contributed by atoms with Gasteiger partial charge in [0.1, 0.15) is 5.75 Å². The summed E-state index contributed by atoms with van der Waals surface area (Å²) in [5.74, 6) is -0.0533. The van der Waals surface area contributed by atoms with Crippen molar-refractivity contribution in [3.05, 3.63) is 45.9 Å². The molecule has 0 saturated carbocycles. The Morgan fingerprint density at radius 2 is 2.32 bits per heavy atom. The number of phenols is 1. The molecule has 1 aromatic carbocycles. The number of nitrogens with zero attached hydrogens (tertiary/aromatic N) is 1. The summed E-state index contributed by atoms with van der Waals surface area (Å²) in [5.41, 5.74) is 1.01. The number of phenolic OH excluding ortho intramolecular Hbond substituents is 1. The third kappa shape index (κ3) is 3.12. The molecule has 0 radical (unpaired) electrons. The quantitative estimate of drug-likeness (QED) is 0.902. The molecular formula is C14H16N2O2S. The summed E-state index contributed by atoms with van der Waals surface area (Å²) >= 11 is 1.57. The van der Waals surface area contributed by atoms with Gasteiger partial charge in [-0.25, -0.2) is 4.98 Å². The van der Waals surface area contributed by atoms with Gasteiger partial charge in [0.2, 0.25) is 0 Å². The van der Waals surface area contributed by atoms with Crippen LogP contribution < -0.4 is 5.32 Å². The standard InChI is InChI=1S/C14H16N2O2S/c1-9-4-3-5-11(12(9)17)13(18)16-8-10(2)14-15-6-7-19-14/h3-7,10,17H,8H2,1-2H3,(H,16,18). The third-order valence-electron chi connectivity index (χ3n) is 2.92. The Kier molecular flexibility index (Phi) is 4.16. The molecular weight excluding hydrogens is 260 g/mol. The van der Waals surface area contributed by atoms with Gasteiger partial charge in [-0.3, -0.25) is 4.79 Å². The van der Waals surface area contributed by atoms with E-state index < -0.39 is 0 Å². The van der Waals surface area contributed by atoms with Crippen LogP contribution >= 0.6 is 11.3 Å². The van der Waals surface area contributed by atoms with Gasteiger partial charge in [0.15, 0.2) is 0 Å². The number of hydrogen-bond donors (Lipinski definition) is 2. The highest BCUT2D eigenvalue weighted by atomic mass is 32.1. The zero-order valence-corrected chi connectivity index (χ0v) is 11.7. The van der Waals surface area contributed by atoms with E-state index in [1.54, 1.807) is 42.7 Å². The van der Waals surface area contributed by atoms with Crippen LogP contribution in [0.2, 0.25) is 0 Å². The Morgan fingerprint density at radius 3 is 3.00 bits per heavy atom. The molecule has 2 aromatic rings. The van der Waals surface area contributed by atoms with Crippen molar-refractivity contribution in [3.8, 4) is 5.75 Å². The second kappa shape index (κ2) is 5.84. The Balaban J connectivity index is 2.00. The fourth-order valence-corrected chi connectivity index (χ4v) is 2.45. The molecule has 0 fully saturated rings. The summed E-state index contributed by atoms with van der Waals surface area (Å²) in [6, 6.07) is 5.14. The number of thiazole rings is 1. The van der Waals surface area contributed by atoms with Gasteiger partial charge in [0.25, 0.3) is 5.91 Å². The lowest BCUT2D eigenvalue weighted by Gasteiger charge is -2.11. The molecule has 4 nitrogen and oxygen atoms in total. The maximum Gasteiger partial charge on any atom is 0.255 e. The van der Waals surface area contributed by atoms with E-state index in [0.717, 1.165) is 5.01 Å². The van der Waals surface area contributed by atoms with E-state index in [4.69, 9.17) is 0 Å². The summed E-state index contributed by atoms with van der Waals surface area (Å²) in [7, 11) is 0. The monoisotopic (exact) mass is 276 g/mol. The molecule has 1 heterocycles. The van der Waals surface area contributed by atoms with Crippen LogP contribution in [0.1, 0.15) is 33.8 Å². The number of nitrogens with one attached hydrogen (secondary N) is 1. The van der Waals surface area contributed by atoms with Crippen LogP contribution in [-0.4, -0.2) is 22.5 Å². The van der Waals surface area contributed by atoms with Gasteiger partial charge < -0.3 is 10.4 Å². The van der Waals surface area contributed by atoms with E-state index >= 15 is 0 Å². The molecule has 100 valence electrons. The fourth-order valence-electron chi connectivity index (χ4n) is 1.75. The van der Waals surface area contributed by atoms with Gasteiger partial charge in [-0.1, -0.05) is 19.1 Å². The van der Waals surface area contributed by atoms with E-state index in [9.17, 15) is 9.90 Å². The number of benzene rings is 1. The van der Waals surface area contributed by atoms with Crippen molar-refractivity contribution >= 4 is 17.2 Å². The van der Waals surface area contributed by atoms with Gasteiger partial charge in [-0.2, -0.15) is 0 Å². The SMILES string of the molecule is Cc1cccc(C(=O)NCC(C)c2nccs2)c1O. The van der Waals surface area contributed by atoms with Crippen molar-refractivity contribution in [2.45, 2.75) is 19.8 Å². The highest BCUT2D eigenvalue weighted by Crippen LogP contribution is 2.21. The normalized spacial score (nSPS) is 12.1. The molecule has 0 spiro atoms. The molecule has 1 unspecified atom stereocenters. The molecule has 1 atom stereocenters. The number of carbonyl (C=O) groups excluding carboxylic acids is 1. The Labute approximate surface area is 116 Å². The van der Waals surface area contributed by atoms with Crippen molar-refractivity contribution < 1.29 is 9.90 Å². The van der Waals surface area contributed by atoms with Crippen molar-refractivity contribution in [1.82, 2.24) is 10.3 Å². The Hall–Kier alpha value is -1.88. The average molecular weight is 276 g/mol. The lowest BCUT2D eigenvalue weighted by atomic mass is 10.1. The number of aryl methyl sites for hydroxylation is 1. The number of carbonyl (C=O) groups is 1. The van der Waals surface area contributed by atoms with Gasteiger partial charge in [-0.05, 0) is 18.6 Å². The first kappa shape index (κ1) is 13.5. The van der Waals surface area contributed by atoms with E-state index in [0.29, 0.717) is 17.7 Å². The molecule has 0 aliphatic carbocycles. The van der Waals surface area contributed by atoms with Crippen LogP contribution in [0.5, 0.6) is 5.75 Å². The van der Waals surface area contributed by atoms with Gasteiger partial charge in [0.05, 0.1) is 10.6 Å². The molecule has 5 heteroatoms. The minimum atomic E-state index is -0.260. The van der Waals surface area contributed by atoms with E-state index in [2.05, 4.69) is 10.3 Å². The zero-order valence-electron chi connectivity index (χ0n) is 10.9. The minimum Gasteiger partial charge on any atom is -0.507 e. The molecule has 1 amide bonds. The molecule has 1 aromatic heterocycles. The highest BCUT2D eigenvalue weighted by Gasteiger charge is 2.14. The fraction of sp³-hybridized carbons (Fsp3) is 0.286. The van der Waals surface area contributed by atoms with E-state index in [1.165, 1.54) is 0 Å². The largest absolute Gasteiger partial charge is 0.507 e. The number of hydrogen-bond acceptors (Lipinski definition) is 4. The van der Waals surface area contributed by atoms with Crippen LogP contribution in [0.25, 0.3) is 0 Å². The van der Waals surface area contributed by atoms with Crippen LogP contribution in [-0.2, 0) is 0 Å². The highest BCUT2D eigenvalue weighted by molar-refractivity contribution is 7.09. The summed E-state index contributed by atoms with van der Waals surface area (Å²) in [5, 5.41) is 15.6. The van der Waals surface area contributed by atoms with Crippen molar-refractivity contribution in [3.63, 3.8) is 0 Å². The number of para-hydroxylation sites is 1. The first-order valence-electron chi connectivity index (χ1n) is 6.05. The number of amides is 1. The van der Waals surface area contributed by atoms with Crippen molar-refractivity contribution in [2.75, 3.05) is 6.54 Å². The van der Waals surface area contributed by atoms with E-state index in [-0.39, 0.29) is 17.6 Å². The van der Waals surface area contributed by atoms with Crippen LogP contribution in [0.3, 0.4) is 0 Å². The van der Waals surface area contributed by atoms with Gasteiger partial charge >= 0.3 is 0 Å². The first-order valence-corrected chi connectivity index (χ1v) is 6.93. The number of aromatic nitrogens is 1. The molecule has 2 N–H and O–H groups in total. The zero-order chi connectivity index (χ0) is 13.8. The van der Waals surface area contributed by atoms with Crippen LogP contribution in [0, 0.1) is 6.92 Å². The summed E-state index contributed by atoms with van der Waals surface area (Å²) in [6.07, 6.45) is 1.75. The predicted octanol–water partition coefficient (Wildman–Crippen LogP) is 2.69. The van der Waals surface area contributed by atoms with Gasteiger partial charge in [0, 0.05) is 24.0 Å². The molecule has 0 aliphatic heterocycles. The van der Waals surface area contributed by atoms with Crippen LogP contribution in [0.4, 0.5) is 0 Å². The molecule has 19 heavy (non-hydrogen) atoms. The lowest BCUT2D eigenvalue weighted by Crippen LogP contribution is -2.27. The molecule has 0 saturated heterocycles. The summed E-state index contributed by atoms with van der Waals surface area (Å²) < 4.78 is 0. The molecule has 0 aliphatic rings. The Bertz CT molecular complexity index is 567. The maximum absolute atomic E-state index is 12.0. The molecule has 2 rings (SSSR count). The number of aromatic hydroxyl groups is 1. The second-order valence-electron chi connectivity index (χ2n) is 4.45. The van der Waals surface area contributed by atoms with Crippen molar-refractivity contribution in [1.29, 1.82) is 0 Å². The van der Waals surface area contributed by atoms with Crippen LogP contribution in [0.15, 0.2) is 29.8 Å². The van der Waals surface area contributed by atoms with Gasteiger partial charge in [-0.15, -0.1) is 11.3 Å². The smallest absolute Gasteiger partial charge is 0.255 e.